The number of methoxy groups -OCH3 is 1. The molecule has 0 unspecified atom stereocenters. The maximum atomic E-state index is 13.5. The van der Waals surface area contributed by atoms with Crippen LogP contribution in [0.25, 0.3) is 10.9 Å². The van der Waals surface area contributed by atoms with Crippen LogP contribution in [0.5, 0.6) is 5.75 Å². The van der Waals surface area contributed by atoms with Crippen LogP contribution in [0.2, 0.25) is 5.02 Å². The van der Waals surface area contributed by atoms with Gasteiger partial charge in [0, 0.05) is 68.9 Å². The first-order valence-electron chi connectivity index (χ1n) is 19.7. The summed E-state index contributed by atoms with van der Waals surface area (Å²) in [6, 6.07) is 18.9. The summed E-state index contributed by atoms with van der Waals surface area (Å²) in [5.74, 6) is 1.97. The highest BCUT2D eigenvalue weighted by Gasteiger charge is 2.30. The molecule has 3 saturated heterocycles. The highest BCUT2D eigenvalue weighted by molar-refractivity contribution is 6.33. The molecule has 0 radical (unpaired) electrons. The number of hydrogen-bond acceptors (Lipinski definition) is 12. The monoisotopic (exact) mass is 819 g/mol. The third-order valence-electron chi connectivity index (χ3n) is 11.3. The maximum absolute atomic E-state index is 13.5. The average Bonchev–Trinajstić information content (AvgIpc) is 3.57. The number of fused-ring (bicyclic) bond motifs is 1. The quantitative estimate of drug-likeness (QED) is 0.140. The van der Waals surface area contributed by atoms with Crippen molar-refractivity contribution >= 4 is 80.8 Å². The van der Waals surface area contributed by atoms with E-state index in [9.17, 15) is 19.2 Å². The number of carbonyl (C=O) groups excluding carboxylic acids is 4. The molecule has 0 aliphatic carbocycles. The SMILES string of the molecule is COc1cc(N2CCN(C(=O)CN3CCC(c4ccc5c(N6CCC(=O)NC6=O)nn(C)c5c4)CC3)CC2)ccc1Nc1ncc(Cl)c(Nc2ccccc2C(C)=O)n1. The first-order valence-corrected chi connectivity index (χ1v) is 20.1. The lowest BCUT2D eigenvalue weighted by molar-refractivity contribution is -0.133. The molecule has 2 aromatic heterocycles. The Bertz CT molecular complexity index is 2420. The zero-order valence-electron chi connectivity index (χ0n) is 33.2. The number of amides is 4. The number of para-hydroxylation sites is 1. The molecule has 3 aliphatic heterocycles. The van der Waals surface area contributed by atoms with Crippen molar-refractivity contribution < 1.29 is 23.9 Å². The summed E-state index contributed by atoms with van der Waals surface area (Å²) >= 11 is 6.42. The van der Waals surface area contributed by atoms with Crippen LogP contribution in [-0.2, 0) is 16.6 Å². The lowest BCUT2D eigenvalue weighted by Crippen LogP contribution is -2.51. The second-order valence-corrected chi connectivity index (χ2v) is 15.4. The van der Waals surface area contributed by atoms with Crippen molar-refractivity contribution in [2.75, 3.05) is 79.9 Å². The van der Waals surface area contributed by atoms with Gasteiger partial charge in [0.15, 0.2) is 17.4 Å². The van der Waals surface area contributed by atoms with E-state index in [1.165, 1.54) is 23.6 Å². The number of imide groups is 1. The van der Waals surface area contributed by atoms with Gasteiger partial charge in [0.2, 0.25) is 17.8 Å². The molecule has 0 bridgehead atoms. The van der Waals surface area contributed by atoms with E-state index in [4.69, 9.17) is 16.3 Å². The van der Waals surface area contributed by atoms with Gasteiger partial charge in [-0.2, -0.15) is 10.1 Å². The number of urea groups is 1. The number of aromatic nitrogens is 4. The van der Waals surface area contributed by atoms with Gasteiger partial charge in [0.05, 0.1) is 36.7 Å². The summed E-state index contributed by atoms with van der Waals surface area (Å²) in [7, 11) is 3.48. The molecule has 3 aliphatic rings. The summed E-state index contributed by atoms with van der Waals surface area (Å²) in [6.45, 7) is 6.52. The number of hydrogen-bond donors (Lipinski definition) is 3. The van der Waals surface area contributed by atoms with Gasteiger partial charge in [0.1, 0.15) is 10.8 Å². The number of ketones is 1. The van der Waals surface area contributed by atoms with Crippen molar-refractivity contribution in [2.24, 2.45) is 7.05 Å². The Labute approximate surface area is 346 Å². The van der Waals surface area contributed by atoms with E-state index >= 15 is 0 Å². The van der Waals surface area contributed by atoms with Gasteiger partial charge in [-0.3, -0.25) is 34.2 Å². The molecule has 3 aromatic carbocycles. The maximum Gasteiger partial charge on any atom is 0.329 e. The van der Waals surface area contributed by atoms with E-state index in [-0.39, 0.29) is 24.0 Å². The minimum atomic E-state index is -0.444. The molecule has 0 spiro atoms. The third-order valence-corrected chi connectivity index (χ3v) is 11.6. The van der Waals surface area contributed by atoms with E-state index in [1.807, 2.05) is 42.3 Å². The molecule has 306 valence electrons. The Morgan fingerprint density at radius 1 is 0.932 bits per heavy atom. The fourth-order valence-electron chi connectivity index (χ4n) is 8.05. The van der Waals surface area contributed by atoms with E-state index < -0.39 is 6.03 Å². The van der Waals surface area contributed by atoms with Crippen LogP contribution in [0.4, 0.5) is 39.4 Å². The minimum absolute atomic E-state index is 0.0793. The van der Waals surface area contributed by atoms with Gasteiger partial charge >= 0.3 is 6.03 Å². The number of nitrogens with zero attached hydrogens (tertiary/aromatic N) is 8. The van der Waals surface area contributed by atoms with Gasteiger partial charge < -0.3 is 25.2 Å². The Hall–Kier alpha value is -6.26. The predicted octanol–water partition coefficient (Wildman–Crippen LogP) is 5.69. The Balaban J connectivity index is 0.829. The second kappa shape index (κ2) is 16.9. The van der Waals surface area contributed by atoms with Crippen molar-refractivity contribution in [3.63, 3.8) is 0 Å². The molecule has 0 saturated carbocycles. The van der Waals surface area contributed by atoms with Crippen molar-refractivity contribution in [3.8, 4) is 5.75 Å². The molecule has 5 heterocycles. The van der Waals surface area contributed by atoms with Crippen LogP contribution >= 0.6 is 11.6 Å². The number of carbonyl (C=O) groups is 4. The average molecular weight is 820 g/mol. The molecule has 3 fully saturated rings. The van der Waals surface area contributed by atoms with Crippen LogP contribution < -0.4 is 30.5 Å². The highest BCUT2D eigenvalue weighted by atomic mass is 35.5. The Morgan fingerprint density at radius 2 is 1.71 bits per heavy atom. The van der Waals surface area contributed by atoms with Gasteiger partial charge in [0.25, 0.3) is 0 Å². The summed E-state index contributed by atoms with van der Waals surface area (Å²) in [5.41, 5.74) is 4.93. The number of aryl methyl sites for hydroxylation is 1. The Kier molecular flexibility index (Phi) is 11.3. The molecule has 17 heteroatoms. The van der Waals surface area contributed by atoms with Crippen molar-refractivity contribution in [1.82, 2.24) is 34.9 Å². The summed E-state index contributed by atoms with van der Waals surface area (Å²) in [6.07, 6.45) is 3.62. The molecule has 5 aromatic rings. The van der Waals surface area contributed by atoms with Crippen LogP contribution in [-0.4, -0.2) is 113 Å². The van der Waals surface area contributed by atoms with Crippen molar-refractivity contribution in [3.05, 3.63) is 83.0 Å². The number of likely N-dealkylation sites (tertiary alicyclic amines) is 1. The van der Waals surface area contributed by atoms with Crippen LogP contribution in [0.3, 0.4) is 0 Å². The highest BCUT2D eigenvalue weighted by Crippen LogP contribution is 2.35. The lowest BCUT2D eigenvalue weighted by Gasteiger charge is -2.38. The smallest absolute Gasteiger partial charge is 0.329 e. The summed E-state index contributed by atoms with van der Waals surface area (Å²) in [4.78, 5) is 66.7. The van der Waals surface area contributed by atoms with E-state index in [1.54, 1.807) is 30.0 Å². The first kappa shape index (κ1) is 39.6. The number of rotatable bonds is 11. The molecule has 8 rings (SSSR count). The number of nitrogens with one attached hydrogen (secondary N) is 3. The topological polar surface area (TPSA) is 170 Å². The molecule has 4 amide bonds. The number of benzene rings is 3. The number of piperidine rings is 1. The van der Waals surface area contributed by atoms with Gasteiger partial charge in [-0.05, 0) is 80.7 Å². The fourth-order valence-corrected chi connectivity index (χ4v) is 8.18. The largest absolute Gasteiger partial charge is 0.494 e. The molecule has 0 atom stereocenters. The van der Waals surface area contributed by atoms with Crippen LogP contribution in [0, 0.1) is 0 Å². The normalized spacial score (nSPS) is 16.6. The van der Waals surface area contributed by atoms with E-state index in [0.29, 0.717) is 90.5 Å². The number of halogens is 1. The van der Waals surface area contributed by atoms with Gasteiger partial charge in [-0.15, -0.1) is 0 Å². The zero-order valence-corrected chi connectivity index (χ0v) is 34.0. The number of ether oxygens (including phenoxy) is 1. The molecule has 59 heavy (non-hydrogen) atoms. The third kappa shape index (κ3) is 8.50. The fraction of sp³-hybridized carbons (Fsp3) is 0.357. The van der Waals surface area contributed by atoms with Crippen LogP contribution in [0.1, 0.15) is 48.0 Å². The van der Waals surface area contributed by atoms with Gasteiger partial charge in [-0.25, -0.2) is 9.78 Å². The minimum Gasteiger partial charge on any atom is -0.494 e. The second-order valence-electron chi connectivity index (χ2n) is 15.0. The zero-order chi connectivity index (χ0) is 41.2. The van der Waals surface area contributed by atoms with Crippen LogP contribution in [0.15, 0.2) is 66.9 Å². The Morgan fingerprint density at radius 3 is 2.46 bits per heavy atom. The first-order chi connectivity index (χ1) is 28.5. The summed E-state index contributed by atoms with van der Waals surface area (Å²) in [5, 5.41) is 14.6. The molecular weight excluding hydrogens is 774 g/mol. The molecular formula is C42H46ClN11O5. The number of anilines is 6. The van der Waals surface area contributed by atoms with Crippen molar-refractivity contribution in [1.29, 1.82) is 0 Å². The van der Waals surface area contributed by atoms with Crippen molar-refractivity contribution in [2.45, 2.75) is 32.1 Å². The number of piperazine rings is 1. The standard InChI is InChI=1S/C42H46ClN11O5/c1-26(55)30-6-4-5-7-33(30)45-39-32(43)24-44-41(48-39)46-34-11-9-29(23-36(34)59-3)52-18-20-53(21-19-52)38(57)25-51-15-12-27(13-16-51)28-8-10-31-35(22-28)50(2)49-40(31)54-17-14-37(56)47-42(54)58/h4-11,22-24,27H,12-21,25H2,1-3H3,(H,47,56,58)(H2,44,45,46,48). The molecule has 16 nitrogen and oxygen atoms in total. The van der Waals surface area contributed by atoms with E-state index in [2.05, 4.69) is 52.9 Å². The predicted molar refractivity (Wildman–Crippen MR) is 226 cm³/mol. The number of Topliss-reactive ketones (excluding diaryl/α,β-unsaturated/α-hetero) is 1. The lowest BCUT2D eigenvalue weighted by atomic mass is 9.89. The molecule has 3 N–H and O–H groups in total. The van der Waals surface area contributed by atoms with E-state index in [0.717, 1.165) is 42.5 Å². The van der Waals surface area contributed by atoms with Gasteiger partial charge in [-0.1, -0.05) is 29.8 Å². The summed E-state index contributed by atoms with van der Waals surface area (Å²) < 4.78 is 7.55.